The SMILES string of the molecule is Cc1nn(CC(=O)Nc2cc(C(F)(F)F)ccc2Cl)c2nc(C3CC3)cc(C(F)F)c12. The molecule has 3 aromatic rings. The molecule has 0 bridgehead atoms. The summed E-state index contributed by atoms with van der Waals surface area (Å²) in [6.45, 7) is 1.10. The highest BCUT2D eigenvalue weighted by atomic mass is 35.5. The highest BCUT2D eigenvalue weighted by molar-refractivity contribution is 6.33. The molecule has 31 heavy (non-hydrogen) atoms. The summed E-state index contributed by atoms with van der Waals surface area (Å²) >= 11 is 5.91. The van der Waals surface area contributed by atoms with Crippen LogP contribution >= 0.6 is 11.6 Å². The molecule has 1 aromatic carbocycles. The number of aromatic nitrogens is 3. The van der Waals surface area contributed by atoms with Gasteiger partial charge in [-0.25, -0.2) is 18.4 Å². The fourth-order valence-corrected chi connectivity index (χ4v) is 3.57. The number of fused-ring (bicyclic) bond motifs is 1. The van der Waals surface area contributed by atoms with Crippen molar-refractivity contribution in [2.24, 2.45) is 0 Å². The normalized spacial score (nSPS) is 14.5. The second-order valence-electron chi connectivity index (χ2n) is 7.39. The molecule has 11 heteroatoms. The summed E-state index contributed by atoms with van der Waals surface area (Å²) in [6.07, 6.45) is -5.64. The molecule has 1 amide bonds. The van der Waals surface area contributed by atoms with Crippen molar-refractivity contribution in [1.82, 2.24) is 14.8 Å². The Morgan fingerprint density at radius 3 is 2.61 bits per heavy atom. The summed E-state index contributed by atoms with van der Waals surface area (Å²) < 4.78 is 67.2. The van der Waals surface area contributed by atoms with Crippen molar-refractivity contribution >= 4 is 34.2 Å². The van der Waals surface area contributed by atoms with Crippen molar-refractivity contribution in [3.8, 4) is 0 Å². The number of aryl methyl sites for hydroxylation is 1. The van der Waals surface area contributed by atoms with Gasteiger partial charge in [0.1, 0.15) is 6.54 Å². The van der Waals surface area contributed by atoms with Gasteiger partial charge in [0.25, 0.3) is 6.43 Å². The van der Waals surface area contributed by atoms with Crippen molar-refractivity contribution in [2.75, 3.05) is 5.32 Å². The van der Waals surface area contributed by atoms with E-state index in [0.717, 1.165) is 31.0 Å². The zero-order valence-electron chi connectivity index (χ0n) is 16.1. The van der Waals surface area contributed by atoms with Crippen LogP contribution in [-0.2, 0) is 17.5 Å². The zero-order chi connectivity index (χ0) is 22.5. The Hall–Kier alpha value is -2.75. The van der Waals surface area contributed by atoms with E-state index >= 15 is 0 Å². The lowest BCUT2D eigenvalue weighted by atomic mass is 10.1. The minimum absolute atomic E-state index is 0.0722. The minimum Gasteiger partial charge on any atom is -0.323 e. The summed E-state index contributed by atoms with van der Waals surface area (Å²) in [5.41, 5.74) is -0.436. The first-order valence-corrected chi connectivity index (χ1v) is 9.75. The Morgan fingerprint density at radius 1 is 1.29 bits per heavy atom. The van der Waals surface area contributed by atoms with Crippen LogP contribution in [0.4, 0.5) is 27.6 Å². The number of amides is 1. The predicted octanol–water partition coefficient (Wildman–Crippen LogP) is 5.87. The molecule has 1 aliphatic rings. The van der Waals surface area contributed by atoms with E-state index in [-0.39, 0.29) is 38.9 Å². The molecule has 0 radical (unpaired) electrons. The number of benzene rings is 1. The number of nitrogens with zero attached hydrogens (tertiary/aromatic N) is 3. The third-order valence-corrected chi connectivity index (χ3v) is 5.35. The number of carbonyl (C=O) groups excluding carboxylic acids is 1. The van der Waals surface area contributed by atoms with Crippen molar-refractivity contribution in [1.29, 1.82) is 0 Å². The Kier molecular flexibility index (Phi) is 5.36. The number of pyridine rings is 1. The maximum atomic E-state index is 13.6. The number of rotatable bonds is 5. The molecule has 5 nitrogen and oxygen atoms in total. The molecule has 0 unspecified atom stereocenters. The molecule has 2 heterocycles. The number of halogens is 6. The molecule has 0 spiro atoms. The summed E-state index contributed by atoms with van der Waals surface area (Å²) in [7, 11) is 0. The van der Waals surface area contributed by atoms with Crippen LogP contribution in [-0.4, -0.2) is 20.7 Å². The fourth-order valence-electron chi connectivity index (χ4n) is 3.40. The highest BCUT2D eigenvalue weighted by Crippen LogP contribution is 2.42. The fraction of sp³-hybridized carbons (Fsp3) is 0.350. The Labute approximate surface area is 178 Å². The molecule has 1 N–H and O–H groups in total. The van der Waals surface area contributed by atoms with Crippen LogP contribution in [0, 0.1) is 6.92 Å². The first-order valence-electron chi connectivity index (χ1n) is 9.37. The van der Waals surface area contributed by atoms with Gasteiger partial charge in [0, 0.05) is 17.2 Å². The molecule has 2 aromatic heterocycles. The third-order valence-electron chi connectivity index (χ3n) is 5.02. The molecule has 4 rings (SSSR count). The first-order chi connectivity index (χ1) is 14.5. The molecule has 164 valence electrons. The van der Waals surface area contributed by atoms with Crippen LogP contribution in [0.2, 0.25) is 5.02 Å². The lowest BCUT2D eigenvalue weighted by Gasteiger charge is -2.12. The summed E-state index contributed by atoms with van der Waals surface area (Å²) in [6, 6.07) is 3.95. The van der Waals surface area contributed by atoms with E-state index in [1.165, 1.54) is 17.7 Å². The first kappa shape index (κ1) is 21.5. The van der Waals surface area contributed by atoms with E-state index in [9.17, 15) is 26.7 Å². The van der Waals surface area contributed by atoms with E-state index in [0.29, 0.717) is 5.69 Å². The Morgan fingerprint density at radius 2 is 2.00 bits per heavy atom. The minimum atomic E-state index is -4.60. The van der Waals surface area contributed by atoms with Crippen LogP contribution in [0.3, 0.4) is 0 Å². The van der Waals surface area contributed by atoms with Gasteiger partial charge in [0.05, 0.1) is 27.4 Å². The summed E-state index contributed by atoms with van der Waals surface area (Å²) in [5.74, 6) is -0.619. The van der Waals surface area contributed by atoms with Crippen molar-refractivity contribution < 1.29 is 26.7 Å². The maximum absolute atomic E-state index is 13.6. The zero-order valence-corrected chi connectivity index (χ0v) is 16.9. The van der Waals surface area contributed by atoms with Gasteiger partial charge in [0.2, 0.25) is 5.91 Å². The molecule has 0 aliphatic heterocycles. The van der Waals surface area contributed by atoms with Crippen LogP contribution in [0.25, 0.3) is 11.0 Å². The highest BCUT2D eigenvalue weighted by Gasteiger charge is 2.31. The van der Waals surface area contributed by atoms with Crippen LogP contribution in [0.1, 0.15) is 47.7 Å². The number of nitrogens with one attached hydrogen (secondary N) is 1. The van der Waals surface area contributed by atoms with E-state index in [2.05, 4.69) is 15.4 Å². The number of alkyl halides is 5. The van der Waals surface area contributed by atoms with Gasteiger partial charge in [-0.2, -0.15) is 18.3 Å². The second kappa shape index (κ2) is 7.74. The number of hydrogen-bond donors (Lipinski definition) is 1. The Balaban J connectivity index is 1.65. The molecule has 1 saturated carbocycles. The van der Waals surface area contributed by atoms with Gasteiger partial charge >= 0.3 is 6.18 Å². The third kappa shape index (κ3) is 4.34. The maximum Gasteiger partial charge on any atom is 0.416 e. The molecule has 0 saturated heterocycles. The van der Waals surface area contributed by atoms with Gasteiger partial charge < -0.3 is 5.32 Å². The monoisotopic (exact) mass is 458 g/mol. The van der Waals surface area contributed by atoms with E-state index in [1.807, 2.05) is 0 Å². The largest absolute Gasteiger partial charge is 0.416 e. The summed E-state index contributed by atoms with van der Waals surface area (Å²) in [5, 5.41) is 6.58. The van der Waals surface area contributed by atoms with Crippen molar-refractivity contribution in [3.05, 3.63) is 51.8 Å². The average molecular weight is 459 g/mol. The summed E-state index contributed by atoms with van der Waals surface area (Å²) in [4.78, 5) is 16.9. The van der Waals surface area contributed by atoms with Gasteiger partial charge in [-0.05, 0) is 44.0 Å². The molecule has 1 aliphatic carbocycles. The van der Waals surface area contributed by atoms with Crippen LogP contribution in [0.15, 0.2) is 24.3 Å². The molecule has 0 atom stereocenters. The number of carbonyl (C=O) groups is 1. The van der Waals surface area contributed by atoms with E-state index < -0.39 is 30.6 Å². The quantitative estimate of drug-likeness (QED) is 0.487. The van der Waals surface area contributed by atoms with Gasteiger partial charge in [-0.1, -0.05) is 11.6 Å². The Bertz CT molecular complexity index is 1170. The van der Waals surface area contributed by atoms with E-state index in [4.69, 9.17) is 11.6 Å². The second-order valence-corrected chi connectivity index (χ2v) is 7.80. The van der Waals surface area contributed by atoms with Crippen LogP contribution < -0.4 is 5.32 Å². The smallest absolute Gasteiger partial charge is 0.323 e. The van der Waals surface area contributed by atoms with Gasteiger partial charge in [0.15, 0.2) is 5.65 Å². The standard InChI is InChI=1S/C20H16ClF5N4O/c1-9-17-12(18(22)23)7-14(10-2-3-10)28-19(17)30(29-9)8-16(31)27-15-6-11(20(24,25)26)4-5-13(15)21/h4-7,10,18H,2-3,8H2,1H3,(H,27,31). The average Bonchev–Trinajstić information content (AvgIpc) is 3.48. The molecular formula is C20H16ClF5N4O. The van der Waals surface area contributed by atoms with E-state index in [1.54, 1.807) is 0 Å². The predicted molar refractivity (Wildman–Crippen MR) is 104 cm³/mol. The van der Waals surface area contributed by atoms with Crippen molar-refractivity contribution in [2.45, 2.75) is 44.8 Å². The molecular weight excluding hydrogens is 443 g/mol. The molecule has 1 fully saturated rings. The topological polar surface area (TPSA) is 59.8 Å². The number of hydrogen-bond acceptors (Lipinski definition) is 3. The number of anilines is 1. The van der Waals surface area contributed by atoms with Gasteiger partial charge in [-0.3, -0.25) is 4.79 Å². The van der Waals surface area contributed by atoms with Crippen molar-refractivity contribution in [3.63, 3.8) is 0 Å². The van der Waals surface area contributed by atoms with Crippen LogP contribution in [0.5, 0.6) is 0 Å². The van der Waals surface area contributed by atoms with Gasteiger partial charge in [-0.15, -0.1) is 0 Å². The lowest BCUT2D eigenvalue weighted by Crippen LogP contribution is -2.20. The lowest BCUT2D eigenvalue weighted by molar-refractivity contribution is -0.137.